The molecule has 19 heavy (non-hydrogen) atoms. The fourth-order valence-corrected chi connectivity index (χ4v) is 1.89. The summed E-state index contributed by atoms with van der Waals surface area (Å²) in [5.41, 5.74) is -0.0249. The Balaban J connectivity index is 2.60. The first-order valence-electron chi connectivity index (χ1n) is 6.08. The molecule has 1 aromatic rings. The van der Waals surface area contributed by atoms with Gasteiger partial charge < -0.3 is 10.1 Å². The maximum atomic E-state index is 13.6. The molecule has 0 heterocycles. The van der Waals surface area contributed by atoms with E-state index >= 15 is 0 Å². The van der Waals surface area contributed by atoms with Crippen molar-refractivity contribution < 1.29 is 13.9 Å². The first-order chi connectivity index (χ1) is 8.85. The minimum absolute atomic E-state index is 0.0609. The molecule has 0 bridgehead atoms. The van der Waals surface area contributed by atoms with Crippen molar-refractivity contribution in [3.05, 3.63) is 34.1 Å². The topological polar surface area (TPSA) is 38.3 Å². The Bertz CT molecular complexity index is 449. The lowest BCUT2D eigenvalue weighted by Crippen LogP contribution is -2.35. The van der Waals surface area contributed by atoms with Crippen LogP contribution >= 0.6 is 15.9 Å². The number of benzene rings is 1. The first-order valence-corrected chi connectivity index (χ1v) is 6.87. The van der Waals surface area contributed by atoms with Gasteiger partial charge in [0.05, 0.1) is 5.56 Å². The van der Waals surface area contributed by atoms with E-state index in [-0.39, 0.29) is 11.0 Å². The van der Waals surface area contributed by atoms with Gasteiger partial charge in [-0.15, -0.1) is 0 Å². The molecule has 0 aliphatic carbocycles. The van der Waals surface area contributed by atoms with Crippen molar-refractivity contribution in [2.24, 2.45) is 5.41 Å². The van der Waals surface area contributed by atoms with Gasteiger partial charge in [0.15, 0.2) is 0 Å². The van der Waals surface area contributed by atoms with Crippen LogP contribution < -0.4 is 5.32 Å². The molecule has 0 aliphatic heterocycles. The van der Waals surface area contributed by atoms with E-state index in [9.17, 15) is 9.18 Å². The third-order valence-electron chi connectivity index (χ3n) is 2.89. The van der Waals surface area contributed by atoms with Crippen LogP contribution in [0, 0.1) is 11.2 Å². The SMILES string of the molecule is COCCC(C)(C)CNC(=O)c1ccc(Br)cc1F. The molecular weight excluding hydrogens is 313 g/mol. The second-order valence-electron chi connectivity index (χ2n) is 5.21. The lowest BCUT2D eigenvalue weighted by Gasteiger charge is -2.24. The van der Waals surface area contributed by atoms with Crippen molar-refractivity contribution in [3.63, 3.8) is 0 Å². The molecule has 0 fully saturated rings. The lowest BCUT2D eigenvalue weighted by molar-refractivity contribution is 0.0917. The van der Waals surface area contributed by atoms with Crippen LogP contribution in [0.1, 0.15) is 30.6 Å². The van der Waals surface area contributed by atoms with Crippen LogP contribution in [-0.4, -0.2) is 26.2 Å². The second kappa shape index (κ2) is 7.01. The lowest BCUT2D eigenvalue weighted by atomic mass is 9.89. The predicted octanol–water partition coefficient (Wildman–Crippen LogP) is 3.38. The van der Waals surface area contributed by atoms with Crippen molar-refractivity contribution in [2.45, 2.75) is 20.3 Å². The van der Waals surface area contributed by atoms with Crippen LogP contribution in [0.5, 0.6) is 0 Å². The zero-order valence-corrected chi connectivity index (χ0v) is 13.0. The molecule has 0 aliphatic rings. The Morgan fingerprint density at radius 1 is 1.47 bits per heavy atom. The maximum absolute atomic E-state index is 13.6. The van der Waals surface area contributed by atoms with E-state index in [1.807, 2.05) is 13.8 Å². The molecule has 3 nitrogen and oxygen atoms in total. The van der Waals surface area contributed by atoms with Gasteiger partial charge in [0.1, 0.15) is 5.82 Å². The molecule has 0 saturated carbocycles. The molecular formula is C14H19BrFNO2. The van der Waals surface area contributed by atoms with Gasteiger partial charge in [-0.3, -0.25) is 4.79 Å². The molecule has 1 aromatic carbocycles. The van der Waals surface area contributed by atoms with Gasteiger partial charge in [0.25, 0.3) is 5.91 Å². The van der Waals surface area contributed by atoms with E-state index in [2.05, 4.69) is 21.2 Å². The van der Waals surface area contributed by atoms with Crippen molar-refractivity contribution in [2.75, 3.05) is 20.3 Å². The number of amides is 1. The summed E-state index contributed by atoms with van der Waals surface area (Å²) in [6.45, 7) is 5.18. The summed E-state index contributed by atoms with van der Waals surface area (Å²) < 4.78 is 19.2. The average molecular weight is 332 g/mol. The standard InChI is InChI=1S/C14H19BrFNO2/c1-14(2,6-7-19-3)9-17-13(18)11-5-4-10(15)8-12(11)16/h4-5,8H,6-7,9H2,1-3H3,(H,17,18). The summed E-state index contributed by atoms with van der Waals surface area (Å²) in [4.78, 5) is 11.9. The van der Waals surface area contributed by atoms with Gasteiger partial charge in [-0.05, 0) is 30.0 Å². The molecule has 5 heteroatoms. The molecule has 0 radical (unpaired) electrons. The number of hydrogen-bond donors (Lipinski definition) is 1. The van der Waals surface area contributed by atoms with E-state index in [4.69, 9.17) is 4.74 Å². The summed E-state index contributed by atoms with van der Waals surface area (Å²) in [5, 5.41) is 2.76. The number of carbonyl (C=O) groups is 1. The number of carbonyl (C=O) groups excluding carboxylic acids is 1. The molecule has 0 atom stereocenters. The third-order valence-corrected chi connectivity index (χ3v) is 3.38. The van der Waals surface area contributed by atoms with E-state index in [0.717, 1.165) is 6.42 Å². The minimum atomic E-state index is -0.526. The highest BCUT2D eigenvalue weighted by molar-refractivity contribution is 9.10. The summed E-state index contributed by atoms with van der Waals surface area (Å²) >= 11 is 3.16. The van der Waals surface area contributed by atoms with Gasteiger partial charge in [0.2, 0.25) is 0 Å². The smallest absolute Gasteiger partial charge is 0.254 e. The number of methoxy groups -OCH3 is 1. The molecule has 0 unspecified atom stereocenters. The van der Waals surface area contributed by atoms with Crippen LogP contribution in [0.25, 0.3) is 0 Å². The summed E-state index contributed by atoms with van der Waals surface area (Å²) in [7, 11) is 1.64. The highest BCUT2D eigenvalue weighted by Crippen LogP contribution is 2.20. The van der Waals surface area contributed by atoms with Gasteiger partial charge in [-0.1, -0.05) is 29.8 Å². The van der Waals surface area contributed by atoms with E-state index in [0.29, 0.717) is 17.6 Å². The zero-order chi connectivity index (χ0) is 14.5. The van der Waals surface area contributed by atoms with Crippen molar-refractivity contribution in [1.82, 2.24) is 5.32 Å². The largest absolute Gasteiger partial charge is 0.385 e. The Morgan fingerprint density at radius 2 is 2.16 bits per heavy atom. The van der Waals surface area contributed by atoms with Gasteiger partial charge >= 0.3 is 0 Å². The average Bonchev–Trinajstić information content (AvgIpc) is 2.34. The van der Waals surface area contributed by atoms with Crippen molar-refractivity contribution >= 4 is 21.8 Å². The summed E-state index contributed by atoms with van der Waals surface area (Å²) in [5.74, 6) is -0.919. The molecule has 1 N–H and O–H groups in total. The molecule has 1 amide bonds. The fourth-order valence-electron chi connectivity index (χ4n) is 1.56. The monoisotopic (exact) mass is 331 g/mol. The number of halogens is 2. The Labute approximate surface area is 121 Å². The van der Waals surface area contributed by atoms with Crippen LogP contribution in [0.4, 0.5) is 4.39 Å². The number of ether oxygens (including phenoxy) is 1. The Hall–Kier alpha value is -0.940. The molecule has 1 rings (SSSR count). The number of nitrogens with one attached hydrogen (secondary N) is 1. The van der Waals surface area contributed by atoms with Gasteiger partial charge in [-0.25, -0.2) is 4.39 Å². The maximum Gasteiger partial charge on any atom is 0.254 e. The summed E-state index contributed by atoms with van der Waals surface area (Å²) in [6, 6.07) is 4.40. The highest BCUT2D eigenvalue weighted by atomic mass is 79.9. The van der Waals surface area contributed by atoms with Crippen molar-refractivity contribution in [1.29, 1.82) is 0 Å². The van der Waals surface area contributed by atoms with E-state index < -0.39 is 11.7 Å². The fraction of sp³-hybridized carbons (Fsp3) is 0.500. The zero-order valence-electron chi connectivity index (χ0n) is 11.4. The molecule has 106 valence electrons. The van der Waals surface area contributed by atoms with E-state index in [1.54, 1.807) is 13.2 Å². The predicted molar refractivity (Wildman–Crippen MR) is 76.7 cm³/mol. The van der Waals surface area contributed by atoms with Crippen LogP contribution in [0.15, 0.2) is 22.7 Å². The molecule has 0 spiro atoms. The highest BCUT2D eigenvalue weighted by Gasteiger charge is 2.20. The third kappa shape index (κ3) is 5.28. The van der Waals surface area contributed by atoms with Crippen LogP contribution in [-0.2, 0) is 4.74 Å². The molecule has 0 aromatic heterocycles. The number of hydrogen-bond acceptors (Lipinski definition) is 2. The van der Waals surface area contributed by atoms with Crippen LogP contribution in [0.2, 0.25) is 0 Å². The minimum Gasteiger partial charge on any atom is -0.385 e. The van der Waals surface area contributed by atoms with Gasteiger partial charge in [-0.2, -0.15) is 0 Å². The Kier molecular flexibility index (Phi) is 5.94. The normalized spacial score (nSPS) is 11.4. The molecule has 0 saturated heterocycles. The Morgan fingerprint density at radius 3 is 2.74 bits per heavy atom. The van der Waals surface area contributed by atoms with Crippen molar-refractivity contribution in [3.8, 4) is 0 Å². The van der Waals surface area contributed by atoms with Crippen LogP contribution in [0.3, 0.4) is 0 Å². The number of rotatable bonds is 6. The first kappa shape index (κ1) is 16.1. The quantitative estimate of drug-likeness (QED) is 0.867. The van der Waals surface area contributed by atoms with Gasteiger partial charge in [0, 0.05) is 24.7 Å². The summed E-state index contributed by atoms with van der Waals surface area (Å²) in [6.07, 6.45) is 0.826. The second-order valence-corrected chi connectivity index (χ2v) is 6.13. The van der Waals surface area contributed by atoms with E-state index in [1.165, 1.54) is 12.1 Å².